The number of amides is 1. The second-order valence-electron chi connectivity index (χ2n) is 5.88. The Morgan fingerprint density at radius 3 is 2.86 bits per heavy atom. The highest BCUT2D eigenvalue weighted by atomic mass is 16.5. The molecule has 2 heterocycles. The Kier molecular flexibility index (Phi) is 4.29. The molecular weight excluding hydrogens is 280 g/mol. The molecule has 0 radical (unpaired) electrons. The maximum absolute atomic E-state index is 12.1. The Morgan fingerprint density at radius 1 is 1.36 bits per heavy atom. The highest BCUT2D eigenvalue weighted by molar-refractivity contribution is 5.79. The summed E-state index contributed by atoms with van der Waals surface area (Å²) >= 11 is 0. The topological polar surface area (TPSA) is 70.2 Å². The van der Waals surface area contributed by atoms with Gasteiger partial charge in [0.1, 0.15) is 11.6 Å². The molecule has 1 amide bonds. The van der Waals surface area contributed by atoms with Crippen LogP contribution >= 0.6 is 0 Å². The number of aromatic nitrogens is 2. The molecule has 0 unspecified atom stereocenters. The summed E-state index contributed by atoms with van der Waals surface area (Å²) in [6.07, 6.45) is 0. The van der Waals surface area contributed by atoms with E-state index in [-0.39, 0.29) is 12.5 Å². The van der Waals surface area contributed by atoms with Gasteiger partial charge in [0.15, 0.2) is 6.61 Å². The van der Waals surface area contributed by atoms with E-state index in [2.05, 4.69) is 29.1 Å². The van der Waals surface area contributed by atoms with Crippen LogP contribution in [0.5, 0.6) is 5.75 Å². The molecule has 2 N–H and O–H groups in total. The molecule has 1 saturated heterocycles. The van der Waals surface area contributed by atoms with E-state index in [1.165, 1.54) is 0 Å². The lowest BCUT2D eigenvalue weighted by Crippen LogP contribution is -2.47. The normalized spacial score (nSPS) is 15.5. The van der Waals surface area contributed by atoms with Crippen molar-refractivity contribution in [3.05, 3.63) is 24.0 Å². The number of imidazole rings is 1. The molecule has 6 heteroatoms. The van der Waals surface area contributed by atoms with Gasteiger partial charge >= 0.3 is 0 Å². The summed E-state index contributed by atoms with van der Waals surface area (Å²) in [6.45, 7) is 7.48. The maximum atomic E-state index is 12.1. The Bertz CT molecular complexity index is 659. The zero-order valence-corrected chi connectivity index (χ0v) is 13.1. The summed E-state index contributed by atoms with van der Waals surface area (Å²) in [6, 6.07) is 5.68. The molecule has 22 heavy (non-hydrogen) atoms. The first-order valence-electron chi connectivity index (χ1n) is 7.74. The summed E-state index contributed by atoms with van der Waals surface area (Å²) < 4.78 is 5.64. The van der Waals surface area contributed by atoms with Crippen LogP contribution in [0.15, 0.2) is 18.2 Å². The van der Waals surface area contributed by atoms with Crippen LogP contribution in [0.1, 0.15) is 25.6 Å². The minimum Gasteiger partial charge on any atom is -0.484 e. The Balaban J connectivity index is 1.64. The third-order valence-corrected chi connectivity index (χ3v) is 3.85. The zero-order chi connectivity index (χ0) is 15.5. The molecule has 0 saturated carbocycles. The van der Waals surface area contributed by atoms with Crippen molar-refractivity contribution in [1.29, 1.82) is 0 Å². The van der Waals surface area contributed by atoms with Crippen LogP contribution in [0.4, 0.5) is 0 Å². The van der Waals surface area contributed by atoms with Gasteiger partial charge in [-0.1, -0.05) is 13.8 Å². The third-order valence-electron chi connectivity index (χ3n) is 3.85. The number of H-pyrrole nitrogens is 1. The van der Waals surface area contributed by atoms with Crippen molar-refractivity contribution in [2.45, 2.75) is 19.8 Å². The number of benzene rings is 1. The first kappa shape index (κ1) is 14.8. The molecule has 2 aromatic rings. The average molecular weight is 302 g/mol. The fourth-order valence-corrected chi connectivity index (χ4v) is 2.52. The van der Waals surface area contributed by atoms with Crippen LogP contribution in [0.3, 0.4) is 0 Å². The smallest absolute Gasteiger partial charge is 0.260 e. The van der Waals surface area contributed by atoms with Crippen LogP contribution < -0.4 is 10.1 Å². The zero-order valence-electron chi connectivity index (χ0n) is 13.1. The molecule has 1 aromatic heterocycles. The van der Waals surface area contributed by atoms with Crippen molar-refractivity contribution < 1.29 is 9.53 Å². The van der Waals surface area contributed by atoms with Crippen molar-refractivity contribution in [3.63, 3.8) is 0 Å². The van der Waals surface area contributed by atoms with Crippen LogP contribution in [-0.4, -0.2) is 53.6 Å². The van der Waals surface area contributed by atoms with E-state index >= 15 is 0 Å². The summed E-state index contributed by atoms with van der Waals surface area (Å²) in [4.78, 5) is 21.7. The summed E-state index contributed by atoms with van der Waals surface area (Å²) in [5, 5.41) is 3.23. The average Bonchev–Trinajstić information content (AvgIpc) is 2.97. The number of carbonyl (C=O) groups excluding carboxylic acids is 1. The Morgan fingerprint density at radius 2 is 2.14 bits per heavy atom. The largest absolute Gasteiger partial charge is 0.484 e. The lowest BCUT2D eigenvalue weighted by atomic mass is 10.2. The second-order valence-corrected chi connectivity index (χ2v) is 5.88. The highest BCUT2D eigenvalue weighted by Gasteiger charge is 2.16. The van der Waals surface area contributed by atoms with Crippen LogP contribution in [0.2, 0.25) is 0 Å². The van der Waals surface area contributed by atoms with Crippen molar-refractivity contribution in [2.75, 3.05) is 32.8 Å². The van der Waals surface area contributed by atoms with Gasteiger partial charge in [-0.2, -0.15) is 0 Å². The van der Waals surface area contributed by atoms with E-state index < -0.39 is 0 Å². The molecule has 1 aliphatic heterocycles. The molecule has 1 aromatic carbocycles. The van der Waals surface area contributed by atoms with E-state index in [4.69, 9.17) is 4.74 Å². The maximum Gasteiger partial charge on any atom is 0.260 e. The fourth-order valence-electron chi connectivity index (χ4n) is 2.52. The fraction of sp³-hybridized carbons (Fsp3) is 0.500. The minimum atomic E-state index is 0.0362. The number of piperazine rings is 1. The lowest BCUT2D eigenvalue weighted by molar-refractivity contribution is -0.133. The minimum absolute atomic E-state index is 0.0362. The first-order valence-corrected chi connectivity index (χ1v) is 7.74. The Labute approximate surface area is 129 Å². The van der Waals surface area contributed by atoms with Gasteiger partial charge < -0.3 is 19.9 Å². The van der Waals surface area contributed by atoms with Gasteiger partial charge in [-0.3, -0.25) is 4.79 Å². The van der Waals surface area contributed by atoms with Crippen LogP contribution in [0.25, 0.3) is 11.0 Å². The van der Waals surface area contributed by atoms with Gasteiger partial charge in [0.2, 0.25) is 0 Å². The van der Waals surface area contributed by atoms with Gasteiger partial charge in [0.05, 0.1) is 11.0 Å². The van der Waals surface area contributed by atoms with Crippen molar-refractivity contribution in [2.24, 2.45) is 0 Å². The third kappa shape index (κ3) is 3.22. The molecule has 0 spiro atoms. The number of aromatic amines is 1. The quantitative estimate of drug-likeness (QED) is 0.898. The number of rotatable bonds is 4. The molecule has 118 valence electrons. The van der Waals surface area contributed by atoms with E-state index in [0.29, 0.717) is 11.7 Å². The lowest BCUT2D eigenvalue weighted by Gasteiger charge is -2.27. The van der Waals surface area contributed by atoms with E-state index in [0.717, 1.165) is 43.0 Å². The number of ether oxygens (including phenoxy) is 1. The summed E-state index contributed by atoms with van der Waals surface area (Å²) in [5.74, 6) is 2.04. The number of hydrogen-bond acceptors (Lipinski definition) is 4. The van der Waals surface area contributed by atoms with Gasteiger partial charge in [-0.05, 0) is 12.1 Å². The molecular formula is C16H22N4O2. The van der Waals surface area contributed by atoms with E-state index in [1.54, 1.807) is 0 Å². The SMILES string of the molecule is CC(C)c1nc2ccc(OCC(=O)N3CCNCC3)cc2[nH]1. The van der Waals surface area contributed by atoms with E-state index in [1.807, 2.05) is 23.1 Å². The van der Waals surface area contributed by atoms with Gasteiger partial charge in [-0.25, -0.2) is 4.98 Å². The summed E-state index contributed by atoms with van der Waals surface area (Å²) in [7, 11) is 0. The molecule has 6 nitrogen and oxygen atoms in total. The van der Waals surface area contributed by atoms with Crippen molar-refractivity contribution in [1.82, 2.24) is 20.2 Å². The van der Waals surface area contributed by atoms with Crippen molar-refractivity contribution in [3.8, 4) is 5.75 Å². The Hall–Kier alpha value is -2.08. The van der Waals surface area contributed by atoms with Crippen LogP contribution in [-0.2, 0) is 4.79 Å². The highest BCUT2D eigenvalue weighted by Crippen LogP contribution is 2.21. The second kappa shape index (κ2) is 6.36. The van der Waals surface area contributed by atoms with Gasteiger partial charge in [0.25, 0.3) is 5.91 Å². The number of hydrogen-bond donors (Lipinski definition) is 2. The predicted molar refractivity (Wildman–Crippen MR) is 85.1 cm³/mol. The predicted octanol–water partition coefficient (Wildman–Crippen LogP) is 1.50. The van der Waals surface area contributed by atoms with Gasteiger partial charge in [0, 0.05) is 38.2 Å². The summed E-state index contributed by atoms with van der Waals surface area (Å²) in [5.41, 5.74) is 1.86. The number of fused-ring (bicyclic) bond motifs is 1. The molecule has 0 atom stereocenters. The molecule has 1 fully saturated rings. The number of nitrogens with one attached hydrogen (secondary N) is 2. The number of nitrogens with zero attached hydrogens (tertiary/aromatic N) is 2. The number of carbonyl (C=O) groups is 1. The van der Waals surface area contributed by atoms with Crippen LogP contribution in [0, 0.1) is 0 Å². The monoisotopic (exact) mass is 302 g/mol. The standard InChI is InChI=1S/C16H22N4O2/c1-11(2)16-18-13-4-3-12(9-14(13)19-16)22-10-15(21)20-7-5-17-6-8-20/h3-4,9,11,17H,5-8,10H2,1-2H3,(H,18,19). The molecule has 0 aliphatic carbocycles. The molecule has 1 aliphatic rings. The van der Waals surface area contributed by atoms with E-state index in [9.17, 15) is 4.79 Å². The molecule has 0 bridgehead atoms. The first-order chi connectivity index (χ1) is 10.6. The van der Waals surface area contributed by atoms with Crippen molar-refractivity contribution >= 4 is 16.9 Å². The van der Waals surface area contributed by atoms with Gasteiger partial charge in [-0.15, -0.1) is 0 Å². The molecule has 3 rings (SSSR count).